The summed E-state index contributed by atoms with van der Waals surface area (Å²) in [7, 11) is 0. The second kappa shape index (κ2) is 7.22. The van der Waals surface area contributed by atoms with E-state index in [-0.39, 0.29) is 6.04 Å². The quantitative estimate of drug-likeness (QED) is 0.850. The van der Waals surface area contributed by atoms with Gasteiger partial charge in [0.15, 0.2) is 0 Å². The second-order valence-electron chi connectivity index (χ2n) is 5.63. The third-order valence-corrected chi connectivity index (χ3v) is 3.33. The molecule has 0 aliphatic carbocycles. The molecule has 114 valence electrons. The van der Waals surface area contributed by atoms with Gasteiger partial charge >= 0.3 is 0 Å². The number of ether oxygens (including phenoxy) is 1. The van der Waals surface area contributed by atoms with Gasteiger partial charge in [-0.15, -0.1) is 0 Å². The number of hydrogen-bond acceptors (Lipinski definition) is 4. The summed E-state index contributed by atoms with van der Waals surface area (Å²) in [5.41, 5.74) is 7.36. The monoisotopic (exact) mass is 288 g/mol. The maximum atomic E-state index is 6.17. The molecule has 1 unspecified atom stereocenters. The van der Waals surface area contributed by atoms with Crippen molar-refractivity contribution in [3.8, 4) is 5.75 Å². The largest absolute Gasteiger partial charge is 0.494 e. The molecule has 5 heteroatoms. The molecule has 1 aromatic heterocycles. The van der Waals surface area contributed by atoms with Crippen LogP contribution in [0.2, 0.25) is 0 Å². The summed E-state index contributed by atoms with van der Waals surface area (Å²) in [6, 6.07) is 8.37. The van der Waals surface area contributed by atoms with Crippen LogP contribution >= 0.6 is 0 Å². The van der Waals surface area contributed by atoms with Crippen LogP contribution in [0.15, 0.2) is 30.6 Å². The molecule has 0 aliphatic rings. The lowest BCUT2D eigenvalue weighted by Gasteiger charge is -2.14. The lowest BCUT2D eigenvalue weighted by atomic mass is 10.1. The maximum absolute atomic E-state index is 6.17. The Kier molecular flexibility index (Phi) is 5.33. The van der Waals surface area contributed by atoms with Gasteiger partial charge in [0.1, 0.15) is 17.9 Å². The SMILES string of the molecule is Cc1cccc(OCCC(N)Cc2ncnn2C(C)C)c1. The normalized spacial score (nSPS) is 12.6. The highest BCUT2D eigenvalue weighted by Crippen LogP contribution is 2.13. The average Bonchev–Trinajstić information content (AvgIpc) is 2.87. The molecular formula is C16H24N4O. The first-order valence-electron chi connectivity index (χ1n) is 7.39. The zero-order valence-corrected chi connectivity index (χ0v) is 13.0. The smallest absolute Gasteiger partial charge is 0.138 e. The van der Waals surface area contributed by atoms with Gasteiger partial charge in [-0.05, 0) is 44.9 Å². The fourth-order valence-electron chi connectivity index (χ4n) is 2.22. The van der Waals surface area contributed by atoms with Gasteiger partial charge in [-0.3, -0.25) is 0 Å². The van der Waals surface area contributed by atoms with Gasteiger partial charge in [-0.1, -0.05) is 12.1 Å². The van der Waals surface area contributed by atoms with Crippen molar-refractivity contribution in [2.24, 2.45) is 5.73 Å². The number of rotatable bonds is 7. The number of aromatic nitrogens is 3. The van der Waals surface area contributed by atoms with Crippen LogP contribution in [0, 0.1) is 6.92 Å². The van der Waals surface area contributed by atoms with Gasteiger partial charge in [0.05, 0.1) is 6.61 Å². The Morgan fingerprint density at radius 2 is 2.14 bits per heavy atom. The van der Waals surface area contributed by atoms with E-state index in [0.717, 1.165) is 24.4 Å². The second-order valence-corrected chi connectivity index (χ2v) is 5.63. The fraction of sp³-hybridized carbons (Fsp3) is 0.500. The van der Waals surface area contributed by atoms with E-state index in [0.29, 0.717) is 12.6 Å². The van der Waals surface area contributed by atoms with E-state index in [1.165, 1.54) is 5.56 Å². The van der Waals surface area contributed by atoms with Gasteiger partial charge < -0.3 is 10.5 Å². The number of nitrogens with two attached hydrogens (primary N) is 1. The van der Waals surface area contributed by atoms with Gasteiger partial charge in [0.2, 0.25) is 0 Å². The van der Waals surface area contributed by atoms with Crippen LogP contribution < -0.4 is 10.5 Å². The fourth-order valence-corrected chi connectivity index (χ4v) is 2.22. The average molecular weight is 288 g/mol. The van der Waals surface area contributed by atoms with Crippen molar-refractivity contribution < 1.29 is 4.74 Å². The van der Waals surface area contributed by atoms with Crippen molar-refractivity contribution in [1.29, 1.82) is 0 Å². The summed E-state index contributed by atoms with van der Waals surface area (Å²) in [4.78, 5) is 4.29. The van der Waals surface area contributed by atoms with Crippen LogP contribution in [-0.4, -0.2) is 27.4 Å². The summed E-state index contributed by atoms with van der Waals surface area (Å²) < 4.78 is 7.65. The third kappa shape index (κ3) is 4.56. The Bertz CT molecular complexity index is 565. The molecular weight excluding hydrogens is 264 g/mol. The minimum absolute atomic E-state index is 0.0245. The Balaban J connectivity index is 1.79. The number of hydrogen-bond donors (Lipinski definition) is 1. The predicted molar refractivity (Wildman–Crippen MR) is 83.4 cm³/mol. The van der Waals surface area contributed by atoms with Gasteiger partial charge in [-0.25, -0.2) is 9.67 Å². The Morgan fingerprint density at radius 1 is 1.33 bits per heavy atom. The molecule has 0 fully saturated rings. The Labute approximate surface area is 126 Å². The molecule has 0 radical (unpaired) electrons. The highest BCUT2D eigenvalue weighted by molar-refractivity contribution is 5.27. The minimum atomic E-state index is 0.0245. The highest BCUT2D eigenvalue weighted by atomic mass is 16.5. The Hall–Kier alpha value is -1.88. The molecule has 2 N–H and O–H groups in total. The first kappa shape index (κ1) is 15.5. The zero-order chi connectivity index (χ0) is 15.2. The van der Waals surface area contributed by atoms with Crippen molar-refractivity contribution in [2.45, 2.75) is 45.7 Å². The maximum Gasteiger partial charge on any atom is 0.138 e. The number of nitrogens with zero attached hydrogens (tertiary/aromatic N) is 3. The zero-order valence-electron chi connectivity index (χ0n) is 13.0. The lowest BCUT2D eigenvalue weighted by molar-refractivity contribution is 0.295. The van der Waals surface area contributed by atoms with Crippen molar-refractivity contribution in [1.82, 2.24) is 14.8 Å². The van der Waals surface area contributed by atoms with Crippen LogP contribution in [0.5, 0.6) is 5.75 Å². The number of benzene rings is 1. The number of aryl methyl sites for hydroxylation is 1. The topological polar surface area (TPSA) is 66.0 Å². The van der Waals surface area contributed by atoms with E-state index in [4.69, 9.17) is 10.5 Å². The van der Waals surface area contributed by atoms with Crippen molar-refractivity contribution in [3.63, 3.8) is 0 Å². The summed E-state index contributed by atoms with van der Waals surface area (Å²) in [5.74, 6) is 1.83. The van der Waals surface area contributed by atoms with E-state index < -0.39 is 0 Å². The van der Waals surface area contributed by atoms with E-state index in [1.54, 1.807) is 6.33 Å². The molecule has 0 bridgehead atoms. The molecule has 1 atom stereocenters. The molecule has 2 aromatic rings. The molecule has 21 heavy (non-hydrogen) atoms. The van der Waals surface area contributed by atoms with E-state index >= 15 is 0 Å². The van der Waals surface area contributed by atoms with Crippen LogP contribution in [0.1, 0.15) is 37.7 Å². The predicted octanol–water partition coefficient (Wildman–Crippen LogP) is 2.51. The Morgan fingerprint density at radius 3 is 2.86 bits per heavy atom. The molecule has 0 saturated carbocycles. The van der Waals surface area contributed by atoms with Gasteiger partial charge in [0.25, 0.3) is 0 Å². The van der Waals surface area contributed by atoms with E-state index in [9.17, 15) is 0 Å². The third-order valence-electron chi connectivity index (χ3n) is 3.33. The molecule has 0 aliphatic heterocycles. The molecule has 0 saturated heterocycles. The molecule has 0 amide bonds. The first-order valence-corrected chi connectivity index (χ1v) is 7.39. The molecule has 2 rings (SSSR count). The van der Waals surface area contributed by atoms with Crippen LogP contribution in [0.4, 0.5) is 0 Å². The van der Waals surface area contributed by atoms with Crippen LogP contribution in [0.25, 0.3) is 0 Å². The van der Waals surface area contributed by atoms with E-state index in [1.807, 2.05) is 22.9 Å². The summed E-state index contributed by atoms with van der Waals surface area (Å²) >= 11 is 0. The molecule has 1 aromatic carbocycles. The van der Waals surface area contributed by atoms with Crippen molar-refractivity contribution >= 4 is 0 Å². The molecule has 5 nitrogen and oxygen atoms in total. The molecule has 1 heterocycles. The highest BCUT2D eigenvalue weighted by Gasteiger charge is 2.12. The van der Waals surface area contributed by atoms with E-state index in [2.05, 4.69) is 36.9 Å². The summed E-state index contributed by atoms with van der Waals surface area (Å²) in [6.07, 6.45) is 3.10. The summed E-state index contributed by atoms with van der Waals surface area (Å²) in [6.45, 7) is 6.84. The van der Waals surface area contributed by atoms with Gasteiger partial charge in [0, 0.05) is 18.5 Å². The van der Waals surface area contributed by atoms with Crippen LogP contribution in [0.3, 0.4) is 0 Å². The van der Waals surface area contributed by atoms with Crippen molar-refractivity contribution in [3.05, 3.63) is 42.0 Å². The molecule has 0 spiro atoms. The lowest BCUT2D eigenvalue weighted by Crippen LogP contribution is -2.27. The van der Waals surface area contributed by atoms with Gasteiger partial charge in [-0.2, -0.15) is 5.10 Å². The first-order chi connectivity index (χ1) is 10.1. The standard InChI is InChI=1S/C16H24N4O/c1-12(2)20-16(18-11-19-20)10-14(17)7-8-21-15-6-4-5-13(3)9-15/h4-6,9,11-12,14H,7-8,10,17H2,1-3H3. The minimum Gasteiger partial charge on any atom is -0.494 e. The summed E-state index contributed by atoms with van der Waals surface area (Å²) in [5, 5.41) is 4.23. The van der Waals surface area contributed by atoms with Crippen molar-refractivity contribution in [2.75, 3.05) is 6.61 Å². The van der Waals surface area contributed by atoms with Crippen LogP contribution in [-0.2, 0) is 6.42 Å².